The molecule has 8 nitrogen and oxygen atoms in total. The molecule has 0 bridgehead atoms. The van der Waals surface area contributed by atoms with Gasteiger partial charge in [0.05, 0.1) is 12.2 Å². The van der Waals surface area contributed by atoms with Crippen molar-refractivity contribution in [3.05, 3.63) is 47.2 Å². The van der Waals surface area contributed by atoms with Gasteiger partial charge in [0.25, 0.3) is 0 Å². The van der Waals surface area contributed by atoms with E-state index in [2.05, 4.69) is 19.1 Å². The number of benzene rings is 1. The molecule has 2 aliphatic heterocycles. The molecule has 8 heteroatoms. The van der Waals surface area contributed by atoms with Crippen molar-refractivity contribution in [2.75, 3.05) is 13.9 Å². The van der Waals surface area contributed by atoms with Crippen LogP contribution in [0.4, 0.5) is 0 Å². The number of carbonyl (C=O) groups is 2. The maximum Gasteiger partial charge on any atom is 0.342 e. The third-order valence-corrected chi connectivity index (χ3v) is 6.64. The Morgan fingerprint density at radius 3 is 2.58 bits per heavy atom. The normalized spacial score (nSPS) is 30.1. The second kappa shape index (κ2) is 10.6. The molecule has 1 fully saturated rings. The number of aldehydes is 1. The summed E-state index contributed by atoms with van der Waals surface area (Å²) in [5.41, 5.74) is 1.19. The van der Waals surface area contributed by atoms with Crippen LogP contribution in [0.15, 0.2) is 34.8 Å². The van der Waals surface area contributed by atoms with Gasteiger partial charge in [0.15, 0.2) is 24.6 Å². The van der Waals surface area contributed by atoms with Crippen LogP contribution in [0.1, 0.15) is 67.5 Å². The minimum atomic E-state index is -0.701. The Morgan fingerprint density at radius 1 is 1.11 bits per heavy atom. The lowest BCUT2D eigenvalue weighted by Crippen LogP contribution is -2.29. The monoisotopic (exact) mass is 498 g/mol. The molecule has 1 aromatic heterocycles. The van der Waals surface area contributed by atoms with Crippen molar-refractivity contribution >= 4 is 29.3 Å². The summed E-state index contributed by atoms with van der Waals surface area (Å²) in [6.45, 7) is 9.71. The van der Waals surface area contributed by atoms with E-state index in [-0.39, 0.29) is 47.9 Å². The predicted molar refractivity (Wildman–Crippen MR) is 134 cm³/mol. The molecule has 0 amide bonds. The Kier molecular flexibility index (Phi) is 7.68. The van der Waals surface area contributed by atoms with Gasteiger partial charge in [0.1, 0.15) is 23.0 Å². The van der Waals surface area contributed by atoms with Gasteiger partial charge < -0.3 is 28.1 Å². The van der Waals surface area contributed by atoms with Crippen LogP contribution in [-0.2, 0) is 18.9 Å². The molecule has 2 aliphatic rings. The second-order valence-corrected chi connectivity index (χ2v) is 9.88. The van der Waals surface area contributed by atoms with E-state index in [1.54, 1.807) is 12.1 Å². The molecule has 0 spiro atoms. The van der Waals surface area contributed by atoms with Gasteiger partial charge in [-0.05, 0) is 33.3 Å². The quantitative estimate of drug-likeness (QED) is 0.235. The number of methoxy groups -OCH3 is 1. The van der Waals surface area contributed by atoms with Gasteiger partial charge in [-0.3, -0.25) is 4.79 Å². The third kappa shape index (κ3) is 5.40. The third-order valence-electron chi connectivity index (χ3n) is 6.64. The highest BCUT2D eigenvalue weighted by Gasteiger charge is 2.42. The number of fused-ring (bicyclic) bond motifs is 4. The van der Waals surface area contributed by atoms with Crippen molar-refractivity contribution in [2.24, 2.45) is 11.8 Å². The van der Waals surface area contributed by atoms with Crippen LogP contribution in [0.25, 0.3) is 17.0 Å². The zero-order valence-electron chi connectivity index (χ0n) is 21.6. The molecule has 36 heavy (non-hydrogen) atoms. The highest BCUT2D eigenvalue weighted by Crippen LogP contribution is 2.38. The van der Waals surface area contributed by atoms with Crippen LogP contribution in [0.2, 0.25) is 0 Å². The van der Waals surface area contributed by atoms with Crippen molar-refractivity contribution < 1.29 is 37.7 Å². The Labute approximate surface area is 211 Å². The van der Waals surface area contributed by atoms with Crippen LogP contribution >= 0.6 is 0 Å². The van der Waals surface area contributed by atoms with Crippen LogP contribution in [0.5, 0.6) is 5.75 Å². The minimum Gasteiger partial charge on any atom is -0.466 e. The van der Waals surface area contributed by atoms with Crippen LogP contribution < -0.4 is 4.74 Å². The van der Waals surface area contributed by atoms with E-state index in [1.165, 1.54) is 7.11 Å². The molecule has 0 saturated carbocycles. The molecule has 5 atom stereocenters. The van der Waals surface area contributed by atoms with Crippen LogP contribution in [0, 0.1) is 11.8 Å². The number of furan rings is 1. The molecule has 1 unspecified atom stereocenters. The average Bonchev–Trinajstić information content (AvgIpc) is 3.39. The Bertz CT molecular complexity index is 1170. The standard InChI is InChI=1S/C28H34O8/c1-16-10-11-17(2)26-22(35-28(4,5)36-26)9-7-8-20-21-12-19(14-29)34-23(21)13-24(32-15-31-6)25(20)27(30)33-18(16)3/h7-8,10-14,16-18,22,26H,9,15H2,1-6H3/b8-7+,11-10-/t16-,17?,18+,22+,26-/m1/s1. The first-order chi connectivity index (χ1) is 17.1. The van der Waals surface area contributed by atoms with Crippen molar-refractivity contribution in [1.82, 2.24) is 0 Å². The van der Waals surface area contributed by atoms with Crippen molar-refractivity contribution in [1.29, 1.82) is 0 Å². The van der Waals surface area contributed by atoms with Crippen LogP contribution in [0.3, 0.4) is 0 Å². The zero-order valence-corrected chi connectivity index (χ0v) is 21.6. The summed E-state index contributed by atoms with van der Waals surface area (Å²) in [6, 6.07) is 3.19. The lowest BCUT2D eigenvalue weighted by molar-refractivity contribution is -0.148. The molecule has 3 heterocycles. The van der Waals surface area contributed by atoms with Gasteiger partial charge in [0, 0.05) is 36.0 Å². The molecule has 194 valence electrons. The van der Waals surface area contributed by atoms with E-state index in [1.807, 2.05) is 39.8 Å². The number of esters is 1. The van der Waals surface area contributed by atoms with Crippen LogP contribution in [-0.4, -0.2) is 50.3 Å². The van der Waals surface area contributed by atoms with E-state index in [0.29, 0.717) is 29.2 Å². The largest absolute Gasteiger partial charge is 0.466 e. The fourth-order valence-electron chi connectivity index (χ4n) is 4.64. The summed E-state index contributed by atoms with van der Waals surface area (Å²) in [4.78, 5) is 25.0. The highest BCUT2D eigenvalue weighted by molar-refractivity contribution is 6.05. The number of hydrogen-bond acceptors (Lipinski definition) is 8. The van der Waals surface area contributed by atoms with E-state index in [9.17, 15) is 9.59 Å². The minimum absolute atomic E-state index is 0.0465. The van der Waals surface area contributed by atoms with Gasteiger partial charge in [-0.15, -0.1) is 0 Å². The van der Waals surface area contributed by atoms with Gasteiger partial charge in [-0.2, -0.15) is 0 Å². The lowest BCUT2D eigenvalue weighted by Gasteiger charge is -2.23. The molecule has 4 rings (SSSR count). The average molecular weight is 499 g/mol. The Hall–Kier alpha value is -2.94. The molecular weight excluding hydrogens is 464 g/mol. The first-order valence-electron chi connectivity index (χ1n) is 12.2. The lowest BCUT2D eigenvalue weighted by atomic mass is 9.94. The number of cyclic esters (lactones) is 1. The maximum absolute atomic E-state index is 13.5. The van der Waals surface area contributed by atoms with Gasteiger partial charge in [-0.25, -0.2) is 4.79 Å². The molecule has 1 saturated heterocycles. The smallest absolute Gasteiger partial charge is 0.342 e. The molecular formula is C28H34O8. The summed E-state index contributed by atoms with van der Waals surface area (Å²) >= 11 is 0. The summed E-state index contributed by atoms with van der Waals surface area (Å²) in [6.07, 6.45) is 8.37. The Balaban J connectivity index is 1.87. The maximum atomic E-state index is 13.5. The summed E-state index contributed by atoms with van der Waals surface area (Å²) in [7, 11) is 1.49. The zero-order chi connectivity index (χ0) is 26.0. The fourth-order valence-corrected chi connectivity index (χ4v) is 4.64. The fraction of sp³-hybridized carbons (Fsp3) is 0.500. The molecule has 0 aliphatic carbocycles. The van der Waals surface area contributed by atoms with E-state index in [0.717, 1.165) is 0 Å². The van der Waals surface area contributed by atoms with Gasteiger partial charge in [-0.1, -0.05) is 38.2 Å². The summed E-state index contributed by atoms with van der Waals surface area (Å²) in [5, 5.41) is 0.603. The summed E-state index contributed by atoms with van der Waals surface area (Å²) < 4.78 is 34.9. The first kappa shape index (κ1) is 26.1. The highest BCUT2D eigenvalue weighted by atomic mass is 16.8. The Morgan fingerprint density at radius 2 is 1.86 bits per heavy atom. The first-order valence-corrected chi connectivity index (χ1v) is 12.2. The topological polar surface area (TPSA) is 93.4 Å². The molecule has 0 N–H and O–H groups in total. The van der Waals surface area contributed by atoms with E-state index in [4.69, 9.17) is 28.1 Å². The number of hydrogen-bond donors (Lipinski definition) is 0. The number of rotatable bonds is 4. The number of ether oxygens (including phenoxy) is 5. The SMILES string of the molecule is COCOc1cc2oc(C=O)cc2c2c1C(=O)O[C@@H](C)[C@H](C)/C=C\C(C)[C@H]1OC(C)(C)O[C@H]1C/C=C/2. The number of carbonyl (C=O) groups excluding carboxylic acids is 2. The van der Waals surface area contributed by atoms with Gasteiger partial charge in [0.2, 0.25) is 0 Å². The molecule has 1 aromatic carbocycles. The van der Waals surface area contributed by atoms with Crippen molar-refractivity contribution in [3.63, 3.8) is 0 Å². The molecule has 0 radical (unpaired) electrons. The summed E-state index contributed by atoms with van der Waals surface area (Å²) in [5.74, 6) is -0.796. The van der Waals surface area contributed by atoms with Crippen molar-refractivity contribution in [3.8, 4) is 5.75 Å². The van der Waals surface area contributed by atoms with Gasteiger partial charge >= 0.3 is 5.97 Å². The predicted octanol–water partition coefficient (Wildman–Crippen LogP) is 5.54. The second-order valence-electron chi connectivity index (χ2n) is 9.88. The van der Waals surface area contributed by atoms with E-state index < -0.39 is 17.9 Å². The molecule has 2 aromatic rings. The van der Waals surface area contributed by atoms with E-state index >= 15 is 0 Å². The van der Waals surface area contributed by atoms with Crippen molar-refractivity contribution in [2.45, 2.75) is 65.1 Å².